The summed E-state index contributed by atoms with van der Waals surface area (Å²) in [6, 6.07) is 3.53. The second-order valence-corrected chi connectivity index (χ2v) is 7.86. The van der Waals surface area contributed by atoms with Crippen LogP contribution >= 0.6 is 0 Å². The Labute approximate surface area is 197 Å². The monoisotopic (exact) mass is 468 g/mol. The van der Waals surface area contributed by atoms with Crippen LogP contribution in [0.3, 0.4) is 0 Å². The number of anilines is 3. The molecule has 0 unspecified atom stereocenters. The van der Waals surface area contributed by atoms with Gasteiger partial charge in [-0.3, -0.25) is 9.59 Å². The molecule has 0 radical (unpaired) electrons. The number of ether oxygens (including phenoxy) is 3. The van der Waals surface area contributed by atoms with Crippen LogP contribution in [0, 0.1) is 0 Å². The Hall–Kier alpha value is -4.02. The summed E-state index contributed by atoms with van der Waals surface area (Å²) in [6.45, 7) is 1.39. The van der Waals surface area contributed by atoms with E-state index in [2.05, 4.69) is 25.9 Å². The molecule has 0 aliphatic carbocycles. The number of hydrogen-bond donors (Lipinski definition) is 3. The van der Waals surface area contributed by atoms with Gasteiger partial charge in [-0.05, 0) is 12.8 Å². The molecule has 1 aromatic carbocycles. The fourth-order valence-electron chi connectivity index (χ4n) is 3.79. The highest BCUT2D eigenvalue weighted by Gasteiger charge is 2.29. The summed E-state index contributed by atoms with van der Waals surface area (Å²) >= 11 is 0. The van der Waals surface area contributed by atoms with E-state index in [1.165, 1.54) is 6.33 Å². The Morgan fingerprint density at radius 3 is 2.71 bits per heavy atom. The number of aromatic nitrogens is 2. The average molecular weight is 469 g/mol. The molecule has 2 aromatic rings. The number of nitrogens with one attached hydrogen (secondary N) is 3. The van der Waals surface area contributed by atoms with Gasteiger partial charge in [0, 0.05) is 50.6 Å². The zero-order valence-electron chi connectivity index (χ0n) is 19.4. The number of carbonyl (C=O) groups is 2. The minimum Gasteiger partial charge on any atom is -0.493 e. The fraction of sp³-hybridized carbons (Fsp3) is 0.391. The molecule has 0 saturated carbocycles. The van der Waals surface area contributed by atoms with Crippen LogP contribution in [-0.2, 0) is 9.59 Å². The summed E-state index contributed by atoms with van der Waals surface area (Å²) in [5, 5.41) is 9.14. The quantitative estimate of drug-likeness (QED) is 0.608. The number of hydrogen-bond acceptors (Lipinski definition) is 9. The lowest BCUT2D eigenvalue weighted by atomic mass is 10.1. The van der Waals surface area contributed by atoms with Crippen molar-refractivity contribution in [1.82, 2.24) is 14.9 Å². The molecule has 34 heavy (non-hydrogen) atoms. The highest BCUT2D eigenvalue weighted by Crippen LogP contribution is 2.41. The van der Waals surface area contributed by atoms with Gasteiger partial charge in [-0.25, -0.2) is 9.97 Å². The third-order valence-electron chi connectivity index (χ3n) is 5.63. The van der Waals surface area contributed by atoms with Gasteiger partial charge >= 0.3 is 0 Å². The van der Waals surface area contributed by atoms with Crippen molar-refractivity contribution in [2.75, 3.05) is 56.9 Å². The number of carbonyl (C=O) groups excluding carboxylic acids is 2. The lowest BCUT2D eigenvalue weighted by molar-refractivity contribution is -0.129. The number of rotatable bonds is 2. The largest absolute Gasteiger partial charge is 0.493 e. The van der Waals surface area contributed by atoms with E-state index in [0.717, 1.165) is 0 Å². The van der Waals surface area contributed by atoms with Crippen molar-refractivity contribution in [2.45, 2.75) is 19.3 Å². The van der Waals surface area contributed by atoms with E-state index in [-0.39, 0.29) is 11.8 Å². The van der Waals surface area contributed by atoms with Gasteiger partial charge in [-0.15, -0.1) is 0 Å². The Balaban J connectivity index is 1.72. The summed E-state index contributed by atoms with van der Waals surface area (Å²) in [5.74, 6) is 2.13. The number of benzene rings is 1. The second-order valence-electron chi connectivity index (χ2n) is 7.86. The molecule has 3 N–H and O–H groups in total. The lowest BCUT2D eigenvalue weighted by Crippen LogP contribution is -2.31. The van der Waals surface area contributed by atoms with E-state index >= 15 is 0 Å². The molecule has 180 valence electrons. The molecule has 2 bridgehead atoms. The van der Waals surface area contributed by atoms with Crippen LogP contribution in [0.25, 0.3) is 5.57 Å². The zero-order valence-corrected chi connectivity index (χ0v) is 19.4. The number of nitrogens with zero attached hydrogens (tertiary/aromatic N) is 3. The maximum Gasteiger partial charge on any atom is 0.259 e. The van der Waals surface area contributed by atoms with Gasteiger partial charge in [-0.1, -0.05) is 0 Å². The molecule has 0 fully saturated rings. The van der Waals surface area contributed by atoms with Crippen molar-refractivity contribution >= 4 is 34.7 Å². The number of amides is 2. The van der Waals surface area contributed by atoms with Gasteiger partial charge in [0.25, 0.3) is 5.91 Å². The first-order valence-electron chi connectivity index (χ1n) is 11.0. The molecular weight excluding hydrogens is 440 g/mol. The highest BCUT2D eigenvalue weighted by molar-refractivity contribution is 6.32. The van der Waals surface area contributed by atoms with Crippen LogP contribution in [0.15, 0.2) is 24.7 Å². The normalized spacial score (nSPS) is 18.1. The molecule has 0 spiro atoms. The highest BCUT2D eigenvalue weighted by atomic mass is 16.5. The first kappa shape index (κ1) is 23.1. The zero-order chi connectivity index (χ0) is 24.1. The third kappa shape index (κ3) is 4.82. The minimum absolute atomic E-state index is 0.0544. The molecule has 2 aliphatic rings. The van der Waals surface area contributed by atoms with Crippen LogP contribution < -0.4 is 30.2 Å². The van der Waals surface area contributed by atoms with Crippen molar-refractivity contribution in [2.24, 2.45) is 0 Å². The van der Waals surface area contributed by atoms with Crippen LogP contribution in [0.5, 0.6) is 17.2 Å². The maximum absolute atomic E-state index is 12.7. The number of likely N-dealkylation sites (N-methyl/N-ethyl adjacent to an activating group) is 1. The van der Waals surface area contributed by atoms with Crippen molar-refractivity contribution in [3.63, 3.8) is 0 Å². The van der Waals surface area contributed by atoms with Crippen LogP contribution in [0.1, 0.15) is 24.8 Å². The molecule has 0 atom stereocenters. The van der Waals surface area contributed by atoms with Gasteiger partial charge < -0.3 is 35.1 Å². The standard InChI is InChI=1S/C23H28N6O5/c1-29-8-7-24-21-19-15(23(31)28-22(19)27-13-26-21)12-25-14-10-16(32-2)20(33-3)17(11-14)34-9-5-4-6-18(29)30/h10-13,25H,4-9H2,1-3H3,(H2,24,26,27,28,31)/b15-12-. The topological polar surface area (TPSA) is 127 Å². The van der Waals surface area contributed by atoms with Crippen molar-refractivity contribution in [3.8, 4) is 17.2 Å². The first-order chi connectivity index (χ1) is 16.5. The smallest absolute Gasteiger partial charge is 0.259 e. The fourth-order valence-corrected chi connectivity index (χ4v) is 3.79. The second kappa shape index (κ2) is 10.3. The van der Waals surface area contributed by atoms with Crippen LogP contribution in [-0.4, -0.2) is 67.6 Å². The van der Waals surface area contributed by atoms with Crippen LogP contribution in [0.2, 0.25) is 0 Å². The molecule has 11 heteroatoms. The number of fused-ring (bicyclic) bond motifs is 2. The average Bonchev–Trinajstić information content (AvgIpc) is 3.16. The van der Waals surface area contributed by atoms with Crippen molar-refractivity contribution in [3.05, 3.63) is 30.2 Å². The molecule has 2 aliphatic heterocycles. The maximum atomic E-state index is 12.7. The van der Waals surface area contributed by atoms with Crippen LogP contribution in [0.4, 0.5) is 17.3 Å². The van der Waals surface area contributed by atoms with Crippen molar-refractivity contribution in [1.29, 1.82) is 0 Å². The molecular formula is C23H28N6O5. The molecule has 11 nitrogen and oxygen atoms in total. The predicted octanol–water partition coefficient (Wildman–Crippen LogP) is 2.33. The molecule has 1 aromatic heterocycles. The molecule has 2 amide bonds. The predicted molar refractivity (Wildman–Crippen MR) is 127 cm³/mol. The van der Waals surface area contributed by atoms with E-state index in [4.69, 9.17) is 14.2 Å². The molecule has 3 heterocycles. The summed E-state index contributed by atoms with van der Waals surface area (Å²) in [4.78, 5) is 35.3. The molecule has 4 rings (SSSR count). The van der Waals surface area contributed by atoms with Gasteiger partial charge in [0.15, 0.2) is 11.5 Å². The Kier molecular flexibility index (Phi) is 7.00. The van der Waals surface area contributed by atoms with E-state index in [9.17, 15) is 9.59 Å². The van der Waals surface area contributed by atoms with Gasteiger partial charge in [0.05, 0.1) is 32.0 Å². The minimum atomic E-state index is -0.301. The summed E-state index contributed by atoms with van der Waals surface area (Å²) < 4.78 is 16.9. The van der Waals surface area contributed by atoms with Gasteiger partial charge in [0.2, 0.25) is 11.7 Å². The first-order valence-corrected chi connectivity index (χ1v) is 11.0. The number of methoxy groups -OCH3 is 2. The van der Waals surface area contributed by atoms with E-state index in [0.29, 0.717) is 84.7 Å². The van der Waals surface area contributed by atoms with Gasteiger partial charge in [0.1, 0.15) is 18.0 Å². The lowest BCUT2D eigenvalue weighted by Gasteiger charge is -2.19. The SMILES string of the molecule is COc1cc2cc(c1OC)OCCCCC(=O)N(C)CCNc1ncnc3c1/C(=C/N2)C(=O)N3. The summed E-state index contributed by atoms with van der Waals surface area (Å²) in [7, 11) is 4.85. The summed E-state index contributed by atoms with van der Waals surface area (Å²) in [5.41, 5.74) is 1.58. The Morgan fingerprint density at radius 2 is 1.91 bits per heavy atom. The molecule has 0 saturated heterocycles. The van der Waals surface area contributed by atoms with Crippen molar-refractivity contribution < 1.29 is 23.8 Å². The Bertz CT molecular complexity index is 1120. The van der Waals surface area contributed by atoms with E-state index in [1.54, 1.807) is 44.5 Å². The third-order valence-corrected chi connectivity index (χ3v) is 5.63. The Morgan fingerprint density at radius 1 is 1.09 bits per heavy atom. The van der Waals surface area contributed by atoms with E-state index < -0.39 is 0 Å². The summed E-state index contributed by atoms with van der Waals surface area (Å²) in [6.07, 6.45) is 4.82. The van der Waals surface area contributed by atoms with Gasteiger partial charge in [-0.2, -0.15) is 0 Å². The van der Waals surface area contributed by atoms with E-state index in [1.807, 2.05) is 0 Å².